The first kappa shape index (κ1) is 11.0. The van der Waals surface area contributed by atoms with Crippen LogP contribution in [-0.2, 0) is 0 Å². The van der Waals surface area contributed by atoms with E-state index in [-0.39, 0.29) is 0 Å². The third kappa shape index (κ3) is 2.97. The molecule has 0 N–H and O–H groups in total. The molecular formula is C13H17BrO. The van der Waals surface area contributed by atoms with Gasteiger partial charge in [0.2, 0.25) is 0 Å². The highest BCUT2D eigenvalue weighted by atomic mass is 79.9. The van der Waals surface area contributed by atoms with Crippen molar-refractivity contribution in [3.05, 3.63) is 28.2 Å². The van der Waals surface area contributed by atoms with Crippen LogP contribution in [-0.4, -0.2) is 6.61 Å². The summed E-state index contributed by atoms with van der Waals surface area (Å²) < 4.78 is 6.83. The minimum Gasteiger partial charge on any atom is -0.492 e. The molecule has 0 aliphatic heterocycles. The lowest BCUT2D eigenvalue weighted by Gasteiger charge is -2.10. The Morgan fingerprint density at radius 3 is 2.67 bits per heavy atom. The van der Waals surface area contributed by atoms with Gasteiger partial charge in [-0.2, -0.15) is 0 Å². The van der Waals surface area contributed by atoms with Gasteiger partial charge in [0.15, 0.2) is 0 Å². The Balaban J connectivity index is 2.04. The molecule has 1 aromatic rings. The van der Waals surface area contributed by atoms with E-state index in [0.717, 1.165) is 22.7 Å². The van der Waals surface area contributed by atoms with Crippen molar-refractivity contribution in [2.75, 3.05) is 6.61 Å². The molecule has 0 amide bonds. The molecule has 2 rings (SSSR count). The quantitative estimate of drug-likeness (QED) is 0.789. The third-order valence-corrected chi connectivity index (χ3v) is 3.41. The summed E-state index contributed by atoms with van der Waals surface area (Å²) in [5.74, 6) is 2.35. The molecule has 0 radical (unpaired) electrons. The average molecular weight is 269 g/mol. The molecule has 0 spiro atoms. The fourth-order valence-electron chi connectivity index (χ4n) is 1.49. The summed E-state index contributed by atoms with van der Waals surface area (Å²) in [6, 6.07) is 6.38. The van der Waals surface area contributed by atoms with Crippen LogP contribution in [0.5, 0.6) is 5.75 Å². The largest absolute Gasteiger partial charge is 0.492 e. The van der Waals surface area contributed by atoms with Crippen molar-refractivity contribution >= 4 is 15.9 Å². The van der Waals surface area contributed by atoms with Crippen LogP contribution in [0.25, 0.3) is 0 Å². The van der Waals surface area contributed by atoms with Crippen molar-refractivity contribution in [3.8, 4) is 5.75 Å². The summed E-state index contributed by atoms with van der Waals surface area (Å²) in [7, 11) is 0. The van der Waals surface area contributed by atoms with Crippen LogP contribution >= 0.6 is 15.9 Å². The van der Waals surface area contributed by atoms with Gasteiger partial charge in [0, 0.05) is 0 Å². The van der Waals surface area contributed by atoms with Gasteiger partial charge in [0.1, 0.15) is 5.75 Å². The molecule has 2 heteroatoms. The molecule has 0 heterocycles. The molecule has 0 aromatic heterocycles. The zero-order chi connectivity index (χ0) is 10.8. The number of hydrogen-bond acceptors (Lipinski definition) is 1. The number of benzene rings is 1. The van der Waals surface area contributed by atoms with Gasteiger partial charge in [-0.15, -0.1) is 0 Å². The second-order valence-corrected chi connectivity index (χ2v) is 5.45. The maximum atomic E-state index is 5.75. The molecule has 1 aliphatic carbocycles. The van der Waals surface area contributed by atoms with Gasteiger partial charge < -0.3 is 4.74 Å². The first-order valence-corrected chi connectivity index (χ1v) is 6.38. The highest BCUT2D eigenvalue weighted by Gasteiger charge is 2.22. The smallest absolute Gasteiger partial charge is 0.133 e. The number of halogens is 1. The lowest BCUT2D eigenvalue weighted by molar-refractivity contribution is 0.298. The van der Waals surface area contributed by atoms with Gasteiger partial charge in [-0.25, -0.2) is 0 Å². The molecule has 15 heavy (non-hydrogen) atoms. The normalized spacial score (nSPS) is 15.7. The maximum absolute atomic E-state index is 5.75. The van der Waals surface area contributed by atoms with Gasteiger partial charge in [-0.1, -0.05) is 19.9 Å². The van der Waals surface area contributed by atoms with E-state index in [9.17, 15) is 0 Å². The molecular weight excluding hydrogens is 252 g/mol. The molecule has 1 nitrogen and oxygen atoms in total. The molecule has 1 saturated carbocycles. The minimum atomic E-state index is 0.568. The lowest BCUT2D eigenvalue weighted by atomic mass is 10.0. The zero-order valence-corrected chi connectivity index (χ0v) is 10.9. The number of rotatable bonds is 4. The third-order valence-electron chi connectivity index (χ3n) is 2.79. The van der Waals surface area contributed by atoms with Crippen molar-refractivity contribution in [2.24, 2.45) is 5.92 Å². The van der Waals surface area contributed by atoms with Crippen molar-refractivity contribution in [1.29, 1.82) is 0 Å². The monoisotopic (exact) mass is 268 g/mol. The molecule has 0 unspecified atom stereocenters. The predicted molar refractivity (Wildman–Crippen MR) is 66.5 cm³/mol. The van der Waals surface area contributed by atoms with Crippen LogP contribution in [0.1, 0.15) is 38.2 Å². The molecule has 1 fully saturated rings. The van der Waals surface area contributed by atoms with Crippen LogP contribution < -0.4 is 4.74 Å². The average Bonchev–Trinajstić information content (AvgIpc) is 2.99. The van der Waals surface area contributed by atoms with Gasteiger partial charge in [0.05, 0.1) is 11.1 Å². The van der Waals surface area contributed by atoms with Gasteiger partial charge >= 0.3 is 0 Å². The minimum absolute atomic E-state index is 0.568. The topological polar surface area (TPSA) is 9.23 Å². The van der Waals surface area contributed by atoms with E-state index >= 15 is 0 Å². The fraction of sp³-hybridized carbons (Fsp3) is 0.538. The zero-order valence-electron chi connectivity index (χ0n) is 9.29. The Kier molecular flexibility index (Phi) is 3.35. The van der Waals surface area contributed by atoms with E-state index in [1.807, 2.05) is 0 Å². The van der Waals surface area contributed by atoms with E-state index in [1.165, 1.54) is 18.4 Å². The van der Waals surface area contributed by atoms with E-state index in [4.69, 9.17) is 4.74 Å². The lowest BCUT2D eigenvalue weighted by Crippen LogP contribution is -2.00. The second kappa shape index (κ2) is 4.56. The van der Waals surface area contributed by atoms with E-state index < -0.39 is 0 Å². The Labute approximate surface area is 100.0 Å². The fourth-order valence-corrected chi connectivity index (χ4v) is 2.00. The first-order chi connectivity index (χ1) is 7.16. The van der Waals surface area contributed by atoms with Crippen LogP contribution in [0.4, 0.5) is 0 Å². The molecule has 1 aromatic carbocycles. The van der Waals surface area contributed by atoms with E-state index in [2.05, 4.69) is 48.0 Å². The van der Waals surface area contributed by atoms with Crippen molar-refractivity contribution < 1.29 is 4.74 Å². The second-order valence-electron chi connectivity index (χ2n) is 4.60. The number of hydrogen-bond donors (Lipinski definition) is 0. The summed E-state index contributed by atoms with van der Waals surface area (Å²) in [4.78, 5) is 0. The van der Waals surface area contributed by atoms with Crippen molar-refractivity contribution in [2.45, 2.75) is 32.6 Å². The number of ether oxygens (including phenoxy) is 1. The van der Waals surface area contributed by atoms with Gasteiger partial charge in [0.25, 0.3) is 0 Å². The molecule has 1 aliphatic rings. The summed E-state index contributed by atoms with van der Waals surface area (Å²) in [5.41, 5.74) is 1.35. The summed E-state index contributed by atoms with van der Waals surface area (Å²) in [5, 5.41) is 0. The van der Waals surface area contributed by atoms with Crippen LogP contribution in [0.15, 0.2) is 22.7 Å². The standard InChI is InChI=1S/C13H17BrO/c1-9(2)11-5-6-13(12(14)7-11)15-8-10-3-4-10/h5-7,9-10H,3-4,8H2,1-2H3. The van der Waals surface area contributed by atoms with E-state index in [1.54, 1.807) is 0 Å². The van der Waals surface area contributed by atoms with Crippen molar-refractivity contribution in [3.63, 3.8) is 0 Å². The van der Waals surface area contributed by atoms with E-state index in [0.29, 0.717) is 5.92 Å². The molecule has 0 bridgehead atoms. The highest BCUT2D eigenvalue weighted by Crippen LogP contribution is 2.33. The Morgan fingerprint density at radius 1 is 1.40 bits per heavy atom. The molecule has 0 atom stereocenters. The van der Waals surface area contributed by atoms with Crippen LogP contribution in [0.3, 0.4) is 0 Å². The summed E-state index contributed by atoms with van der Waals surface area (Å²) in [6.07, 6.45) is 2.67. The SMILES string of the molecule is CC(C)c1ccc(OCC2CC2)c(Br)c1. The maximum Gasteiger partial charge on any atom is 0.133 e. The Bertz CT molecular complexity index is 342. The van der Waals surface area contributed by atoms with Crippen molar-refractivity contribution in [1.82, 2.24) is 0 Å². The molecule has 0 saturated heterocycles. The van der Waals surface area contributed by atoms with Crippen LogP contribution in [0, 0.1) is 5.92 Å². The summed E-state index contributed by atoms with van der Waals surface area (Å²) >= 11 is 3.56. The summed E-state index contributed by atoms with van der Waals surface area (Å²) in [6.45, 7) is 5.28. The first-order valence-electron chi connectivity index (χ1n) is 5.59. The van der Waals surface area contributed by atoms with Gasteiger partial charge in [-0.3, -0.25) is 0 Å². The Morgan fingerprint density at radius 2 is 2.13 bits per heavy atom. The van der Waals surface area contributed by atoms with Crippen LogP contribution in [0.2, 0.25) is 0 Å². The molecule has 82 valence electrons. The predicted octanol–water partition coefficient (Wildman–Crippen LogP) is 4.36. The van der Waals surface area contributed by atoms with Gasteiger partial charge in [-0.05, 0) is 58.3 Å². The highest BCUT2D eigenvalue weighted by molar-refractivity contribution is 9.10. The Hall–Kier alpha value is -0.500.